The van der Waals surface area contributed by atoms with Crippen LogP contribution in [0, 0.1) is 0 Å². The molecule has 0 unspecified atom stereocenters. The van der Waals surface area contributed by atoms with Crippen LogP contribution in [0.25, 0.3) is 16.9 Å². The Morgan fingerprint density at radius 1 is 1.04 bits per heavy atom. The Kier molecular flexibility index (Phi) is 4.45. The van der Waals surface area contributed by atoms with Gasteiger partial charge in [-0.3, -0.25) is 9.36 Å². The van der Waals surface area contributed by atoms with Crippen molar-refractivity contribution in [2.45, 2.75) is 13.1 Å². The van der Waals surface area contributed by atoms with E-state index in [1.165, 1.54) is 0 Å². The van der Waals surface area contributed by atoms with Gasteiger partial charge in [0.25, 0.3) is 0 Å². The van der Waals surface area contributed by atoms with Crippen molar-refractivity contribution in [1.29, 1.82) is 0 Å². The van der Waals surface area contributed by atoms with Crippen molar-refractivity contribution in [3.63, 3.8) is 0 Å². The minimum absolute atomic E-state index is 0.623. The number of nitrogens with zero attached hydrogens (tertiary/aromatic N) is 6. The van der Waals surface area contributed by atoms with Gasteiger partial charge in [0, 0.05) is 35.4 Å². The summed E-state index contributed by atoms with van der Waals surface area (Å²) in [6.45, 7) is 1.40. The molecule has 0 spiro atoms. The van der Waals surface area contributed by atoms with E-state index >= 15 is 0 Å². The highest BCUT2D eigenvalue weighted by Crippen LogP contribution is 2.34. The number of hydrogen-bond donors (Lipinski definition) is 0. The molecule has 26 heavy (non-hydrogen) atoms. The van der Waals surface area contributed by atoms with Gasteiger partial charge < -0.3 is 4.74 Å². The molecule has 8 heteroatoms. The van der Waals surface area contributed by atoms with Gasteiger partial charge in [0.2, 0.25) is 0 Å². The molecular formula is C18H17ClN6O. The van der Waals surface area contributed by atoms with Crippen LogP contribution in [0.1, 0.15) is 0 Å². The number of aryl methyl sites for hydroxylation is 2. The van der Waals surface area contributed by atoms with Crippen molar-refractivity contribution >= 4 is 11.6 Å². The van der Waals surface area contributed by atoms with Gasteiger partial charge >= 0.3 is 0 Å². The molecule has 3 aromatic heterocycles. The number of rotatable bonds is 6. The van der Waals surface area contributed by atoms with Crippen LogP contribution in [-0.2, 0) is 13.1 Å². The Labute approximate surface area is 155 Å². The average Bonchev–Trinajstić information content (AvgIpc) is 3.40. The van der Waals surface area contributed by atoms with Crippen LogP contribution in [0.3, 0.4) is 0 Å². The van der Waals surface area contributed by atoms with Gasteiger partial charge in [-0.1, -0.05) is 11.6 Å². The first kappa shape index (κ1) is 16.4. The van der Waals surface area contributed by atoms with Crippen molar-refractivity contribution in [2.75, 3.05) is 7.11 Å². The van der Waals surface area contributed by atoms with E-state index in [0.29, 0.717) is 17.3 Å². The standard InChI is InChI=1S/C18H17ClN6O/c1-26-17-5-4-14(19)12-15(17)18-16(25-9-3-7-21-25)13-24(22-18)11-10-23-8-2-6-20-23/h2-9,12-13H,10-11H2,1H3. The number of aromatic nitrogens is 6. The lowest BCUT2D eigenvalue weighted by Gasteiger charge is -2.08. The predicted molar refractivity (Wildman–Crippen MR) is 98.6 cm³/mol. The molecule has 0 saturated heterocycles. The highest BCUT2D eigenvalue weighted by Gasteiger charge is 2.17. The summed E-state index contributed by atoms with van der Waals surface area (Å²) < 4.78 is 11.0. The molecule has 4 rings (SSSR count). The maximum atomic E-state index is 6.21. The second-order valence-corrected chi connectivity index (χ2v) is 6.13. The van der Waals surface area contributed by atoms with Crippen LogP contribution in [0.2, 0.25) is 5.02 Å². The van der Waals surface area contributed by atoms with Crippen molar-refractivity contribution in [3.05, 3.63) is 66.3 Å². The van der Waals surface area contributed by atoms with Crippen LogP contribution in [0.15, 0.2) is 61.3 Å². The number of methoxy groups -OCH3 is 1. The smallest absolute Gasteiger partial charge is 0.128 e. The molecule has 0 fully saturated rings. The molecule has 0 N–H and O–H groups in total. The molecule has 4 aromatic rings. The SMILES string of the molecule is COc1ccc(Cl)cc1-c1nn(CCn2cccn2)cc1-n1cccn1. The summed E-state index contributed by atoms with van der Waals surface area (Å²) in [6, 6.07) is 9.27. The zero-order valence-corrected chi connectivity index (χ0v) is 14.9. The third-order valence-electron chi connectivity index (χ3n) is 4.03. The summed E-state index contributed by atoms with van der Waals surface area (Å²) in [5, 5.41) is 14.0. The lowest BCUT2D eigenvalue weighted by molar-refractivity contribution is 0.416. The van der Waals surface area contributed by atoms with Gasteiger partial charge in [0.15, 0.2) is 0 Å². The van der Waals surface area contributed by atoms with E-state index in [1.54, 1.807) is 30.3 Å². The fraction of sp³-hybridized carbons (Fsp3) is 0.167. The molecule has 0 radical (unpaired) electrons. The normalized spacial score (nSPS) is 11.0. The topological polar surface area (TPSA) is 62.7 Å². The van der Waals surface area contributed by atoms with Gasteiger partial charge in [0.1, 0.15) is 17.1 Å². The van der Waals surface area contributed by atoms with Gasteiger partial charge in [-0.15, -0.1) is 0 Å². The monoisotopic (exact) mass is 368 g/mol. The lowest BCUT2D eigenvalue weighted by Crippen LogP contribution is -2.08. The maximum Gasteiger partial charge on any atom is 0.128 e. The van der Waals surface area contributed by atoms with Crippen LogP contribution in [0.5, 0.6) is 5.75 Å². The Morgan fingerprint density at radius 2 is 1.85 bits per heavy atom. The summed E-state index contributed by atoms with van der Waals surface area (Å²) in [4.78, 5) is 0. The van der Waals surface area contributed by atoms with E-state index in [4.69, 9.17) is 21.4 Å². The van der Waals surface area contributed by atoms with Crippen molar-refractivity contribution < 1.29 is 4.74 Å². The second-order valence-electron chi connectivity index (χ2n) is 5.69. The molecule has 0 aliphatic heterocycles. The minimum Gasteiger partial charge on any atom is -0.496 e. The molecule has 132 valence electrons. The summed E-state index contributed by atoms with van der Waals surface area (Å²) in [6.07, 6.45) is 9.28. The van der Waals surface area contributed by atoms with Gasteiger partial charge in [-0.25, -0.2) is 4.68 Å². The Bertz CT molecular complexity index is 991. The third-order valence-corrected chi connectivity index (χ3v) is 4.26. The molecule has 0 amide bonds. The maximum absolute atomic E-state index is 6.21. The van der Waals surface area contributed by atoms with Gasteiger partial charge in [-0.05, 0) is 30.3 Å². The average molecular weight is 369 g/mol. The largest absolute Gasteiger partial charge is 0.496 e. The quantitative estimate of drug-likeness (QED) is 0.524. The second kappa shape index (κ2) is 7.05. The summed E-state index contributed by atoms with van der Waals surface area (Å²) in [7, 11) is 1.63. The predicted octanol–water partition coefficient (Wildman–Crippen LogP) is 3.29. The fourth-order valence-electron chi connectivity index (χ4n) is 2.80. The van der Waals surface area contributed by atoms with Crippen molar-refractivity contribution in [1.82, 2.24) is 29.3 Å². The van der Waals surface area contributed by atoms with E-state index in [-0.39, 0.29) is 0 Å². The number of hydrogen-bond acceptors (Lipinski definition) is 4. The number of ether oxygens (including phenoxy) is 1. The van der Waals surface area contributed by atoms with Gasteiger partial charge in [-0.2, -0.15) is 15.3 Å². The Balaban J connectivity index is 1.76. The first-order valence-electron chi connectivity index (χ1n) is 8.13. The molecule has 1 aromatic carbocycles. The number of halogens is 1. The first-order chi connectivity index (χ1) is 12.7. The number of benzene rings is 1. The Morgan fingerprint density at radius 3 is 2.58 bits per heavy atom. The zero-order valence-electron chi connectivity index (χ0n) is 14.2. The molecule has 0 bridgehead atoms. The van der Waals surface area contributed by atoms with E-state index in [1.807, 2.05) is 52.2 Å². The van der Waals surface area contributed by atoms with E-state index < -0.39 is 0 Å². The summed E-state index contributed by atoms with van der Waals surface area (Å²) in [5.74, 6) is 0.708. The van der Waals surface area contributed by atoms with E-state index in [2.05, 4.69) is 10.2 Å². The highest BCUT2D eigenvalue weighted by atomic mass is 35.5. The molecule has 0 saturated carbocycles. The van der Waals surface area contributed by atoms with Crippen LogP contribution < -0.4 is 4.74 Å². The highest BCUT2D eigenvalue weighted by molar-refractivity contribution is 6.31. The molecule has 0 aliphatic rings. The molecule has 0 atom stereocenters. The Hall–Kier alpha value is -3.06. The van der Waals surface area contributed by atoms with Crippen molar-refractivity contribution in [2.24, 2.45) is 0 Å². The first-order valence-corrected chi connectivity index (χ1v) is 8.51. The third kappa shape index (κ3) is 3.21. The molecule has 3 heterocycles. The van der Waals surface area contributed by atoms with Crippen LogP contribution >= 0.6 is 11.6 Å². The minimum atomic E-state index is 0.623. The molecular weight excluding hydrogens is 352 g/mol. The summed E-state index contributed by atoms with van der Waals surface area (Å²) >= 11 is 6.21. The van der Waals surface area contributed by atoms with E-state index in [0.717, 1.165) is 23.5 Å². The fourth-order valence-corrected chi connectivity index (χ4v) is 2.97. The molecule has 0 aliphatic carbocycles. The zero-order chi connectivity index (χ0) is 17.9. The lowest BCUT2D eigenvalue weighted by atomic mass is 10.1. The summed E-state index contributed by atoms with van der Waals surface area (Å²) in [5.41, 5.74) is 2.44. The van der Waals surface area contributed by atoms with Crippen LogP contribution in [0.4, 0.5) is 0 Å². The van der Waals surface area contributed by atoms with Crippen LogP contribution in [-0.4, -0.2) is 36.5 Å². The van der Waals surface area contributed by atoms with Crippen molar-refractivity contribution in [3.8, 4) is 22.7 Å². The molecule has 7 nitrogen and oxygen atoms in total. The van der Waals surface area contributed by atoms with E-state index in [9.17, 15) is 0 Å². The van der Waals surface area contributed by atoms with Gasteiger partial charge in [0.05, 0.1) is 26.4 Å².